The minimum Gasteiger partial charge on any atom is -0.314 e. The zero-order valence-corrected chi connectivity index (χ0v) is 15.9. The molecule has 2 N–H and O–H groups in total. The number of nitrogens with zero attached hydrogens (tertiary/aromatic N) is 2. The van der Waals surface area contributed by atoms with Crippen molar-refractivity contribution in [1.29, 1.82) is 0 Å². The monoisotopic (exact) mass is 350 g/mol. The maximum absolute atomic E-state index is 4.61. The van der Waals surface area contributed by atoms with Crippen LogP contribution in [0, 0.1) is 0 Å². The predicted octanol–water partition coefficient (Wildman–Crippen LogP) is 3.18. The van der Waals surface area contributed by atoms with Crippen LogP contribution >= 0.6 is 0 Å². The minimum atomic E-state index is 0.807. The molecule has 0 heterocycles. The summed E-state index contributed by atoms with van der Waals surface area (Å²) in [4.78, 5) is 9.21. The highest BCUT2D eigenvalue weighted by atomic mass is 15.0. The maximum Gasteiger partial charge on any atom is 0.0517 e. The fourth-order valence-electron chi connectivity index (χ4n) is 2.57. The number of benzene rings is 2. The molecule has 0 saturated heterocycles. The zero-order valence-electron chi connectivity index (χ0n) is 15.9. The lowest BCUT2D eigenvalue weighted by molar-refractivity contribution is 0.619. The molecule has 138 valence electrons. The van der Waals surface area contributed by atoms with E-state index in [1.54, 1.807) is 0 Å². The Labute approximate surface area is 157 Å². The molecule has 0 radical (unpaired) electrons. The standard InChI is InChI=1S/C22H30N4/c1-19(21-9-5-3-6-10-21)25-17-15-23-13-14-24-16-18-26-20(2)22-11-7-4-8-12-22/h3-12,23-24H,13-18H2,1-2H3. The molecule has 0 aliphatic carbocycles. The van der Waals surface area contributed by atoms with Gasteiger partial charge in [0.2, 0.25) is 0 Å². The summed E-state index contributed by atoms with van der Waals surface area (Å²) in [5.41, 5.74) is 4.58. The first-order valence-electron chi connectivity index (χ1n) is 9.32. The van der Waals surface area contributed by atoms with Gasteiger partial charge in [-0.1, -0.05) is 60.7 Å². The number of rotatable bonds is 11. The lowest BCUT2D eigenvalue weighted by Crippen LogP contribution is -2.30. The largest absolute Gasteiger partial charge is 0.314 e. The lowest BCUT2D eigenvalue weighted by Gasteiger charge is -2.06. The fourth-order valence-corrected chi connectivity index (χ4v) is 2.57. The molecule has 0 unspecified atom stereocenters. The molecule has 0 aliphatic rings. The molecule has 0 spiro atoms. The molecular weight excluding hydrogens is 320 g/mol. The number of hydrogen-bond acceptors (Lipinski definition) is 4. The van der Waals surface area contributed by atoms with Crippen molar-refractivity contribution in [1.82, 2.24) is 10.6 Å². The van der Waals surface area contributed by atoms with Gasteiger partial charge in [0.25, 0.3) is 0 Å². The van der Waals surface area contributed by atoms with Crippen molar-refractivity contribution >= 4 is 11.4 Å². The van der Waals surface area contributed by atoms with Crippen LogP contribution in [0.3, 0.4) is 0 Å². The molecule has 0 atom stereocenters. The highest BCUT2D eigenvalue weighted by molar-refractivity contribution is 5.99. The van der Waals surface area contributed by atoms with Crippen molar-refractivity contribution in [2.45, 2.75) is 13.8 Å². The molecule has 0 aromatic heterocycles. The second kappa shape index (κ2) is 12.1. The SMILES string of the molecule is CC(=NCCNCCNCCN=C(C)c1ccccc1)c1ccccc1. The van der Waals surface area contributed by atoms with Gasteiger partial charge in [-0.25, -0.2) is 0 Å². The molecule has 2 rings (SSSR count). The topological polar surface area (TPSA) is 48.8 Å². The first-order chi connectivity index (χ1) is 12.8. The molecule has 4 nitrogen and oxygen atoms in total. The average molecular weight is 351 g/mol. The smallest absolute Gasteiger partial charge is 0.0517 e. The third-order valence-electron chi connectivity index (χ3n) is 4.14. The van der Waals surface area contributed by atoms with E-state index >= 15 is 0 Å². The highest BCUT2D eigenvalue weighted by Crippen LogP contribution is 2.01. The van der Waals surface area contributed by atoms with Crippen molar-refractivity contribution in [3.63, 3.8) is 0 Å². The van der Waals surface area contributed by atoms with Gasteiger partial charge in [0.15, 0.2) is 0 Å². The van der Waals surface area contributed by atoms with Gasteiger partial charge in [-0.05, 0) is 25.0 Å². The van der Waals surface area contributed by atoms with Gasteiger partial charge in [0.1, 0.15) is 0 Å². The molecule has 0 aliphatic heterocycles. The summed E-state index contributed by atoms with van der Waals surface area (Å²) < 4.78 is 0. The molecule has 2 aromatic rings. The molecule has 2 aromatic carbocycles. The van der Waals surface area contributed by atoms with Crippen molar-refractivity contribution in [3.8, 4) is 0 Å². The van der Waals surface area contributed by atoms with Gasteiger partial charge in [0.05, 0.1) is 13.1 Å². The first-order valence-corrected chi connectivity index (χ1v) is 9.32. The third kappa shape index (κ3) is 7.72. The predicted molar refractivity (Wildman–Crippen MR) is 113 cm³/mol. The molecular formula is C22H30N4. The summed E-state index contributed by atoms with van der Waals surface area (Å²) in [6.45, 7) is 9.43. The first kappa shape index (κ1) is 20.0. The van der Waals surface area contributed by atoms with Crippen LogP contribution in [0.15, 0.2) is 70.6 Å². The minimum absolute atomic E-state index is 0.807. The van der Waals surface area contributed by atoms with Crippen molar-refractivity contribution in [3.05, 3.63) is 71.8 Å². The Morgan fingerprint density at radius 1 is 0.615 bits per heavy atom. The van der Waals surface area contributed by atoms with E-state index in [0.29, 0.717) is 0 Å². The summed E-state index contributed by atoms with van der Waals surface area (Å²) in [5.74, 6) is 0. The number of nitrogens with one attached hydrogen (secondary N) is 2. The van der Waals surface area contributed by atoms with Crippen molar-refractivity contribution < 1.29 is 0 Å². The Hall–Kier alpha value is -2.30. The van der Waals surface area contributed by atoms with E-state index in [-0.39, 0.29) is 0 Å². The second-order valence-electron chi connectivity index (χ2n) is 6.17. The van der Waals surface area contributed by atoms with E-state index in [0.717, 1.165) is 50.7 Å². The Bertz CT molecular complexity index is 616. The highest BCUT2D eigenvalue weighted by Gasteiger charge is 1.96. The van der Waals surface area contributed by atoms with Crippen LogP contribution in [0.5, 0.6) is 0 Å². The van der Waals surface area contributed by atoms with Gasteiger partial charge in [0, 0.05) is 37.6 Å². The van der Waals surface area contributed by atoms with Crippen LogP contribution in [0.4, 0.5) is 0 Å². The van der Waals surface area contributed by atoms with E-state index in [2.05, 4.69) is 58.7 Å². The lowest BCUT2D eigenvalue weighted by atomic mass is 10.1. The third-order valence-corrected chi connectivity index (χ3v) is 4.14. The summed E-state index contributed by atoms with van der Waals surface area (Å²) in [6.07, 6.45) is 0. The van der Waals surface area contributed by atoms with Crippen LogP contribution in [-0.2, 0) is 0 Å². The van der Waals surface area contributed by atoms with Crippen LogP contribution in [0.25, 0.3) is 0 Å². The second-order valence-corrected chi connectivity index (χ2v) is 6.17. The van der Waals surface area contributed by atoms with E-state index in [1.807, 2.05) is 36.4 Å². The summed E-state index contributed by atoms with van der Waals surface area (Å²) >= 11 is 0. The van der Waals surface area contributed by atoms with Gasteiger partial charge >= 0.3 is 0 Å². The van der Waals surface area contributed by atoms with Crippen molar-refractivity contribution in [2.75, 3.05) is 39.3 Å². The van der Waals surface area contributed by atoms with Crippen molar-refractivity contribution in [2.24, 2.45) is 9.98 Å². The van der Waals surface area contributed by atoms with Crippen LogP contribution < -0.4 is 10.6 Å². The maximum atomic E-state index is 4.61. The van der Waals surface area contributed by atoms with Gasteiger partial charge in [-0.3, -0.25) is 9.98 Å². The normalized spacial score (nSPS) is 12.4. The fraction of sp³-hybridized carbons (Fsp3) is 0.364. The number of aliphatic imine (C=N–C) groups is 2. The Balaban J connectivity index is 1.50. The van der Waals surface area contributed by atoms with E-state index < -0.39 is 0 Å². The zero-order chi connectivity index (χ0) is 18.5. The molecule has 26 heavy (non-hydrogen) atoms. The molecule has 0 amide bonds. The Kier molecular flexibility index (Phi) is 9.33. The van der Waals surface area contributed by atoms with Crippen LogP contribution in [0.1, 0.15) is 25.0 Å². The average Bonchev–Trinajstić information content (AvgIpc) is 2.70. The summed E-state index contributed by atoms with van der Waals surface area (Å²) in [5, 5.41) is 6.82. The van der Waals surface area contributed by atoms with Gasteiger partial charge in [-0.15, -0.1) is 0 Å². The van der Waals surface area contributed by atoms with Crippen LogP contribution in [-0.4, -0.2) is 50.7 Å². The van der Waals surface area contributed by atoms with E-state index in [1.165, 1.54) is 11.1 Å². The van der Waals surface area contributed by atoms with E-state index in [4.69, 9.17) is 0 Å². The number of hydrogen-bond donors (Lipinski definition) is 2. The Morgan fingerprint density at radius 2 is 1.00 bits per heavy atom. The molecule has 0 fully saturated rings. The summed E-state index contributed by atoms with van der Waals surface area (Å²) in [7, 11) is 0. The summed E-state index contributed by atoms with van der Waals surface area (Å²) in [6, 6.07) is 20.6. The van der Waals surface area contributed by atoms with Crippen LogP contribution in [0.2, 0.25) is 0 Å². The van der Waals surface area contributed by atoms with Gasteiger partial charge in [-0.2, -0.15) is 0 Å². The van der Waals surface area contributed by atoms with E-state index in [9.17, 15) is 0 Å². The molecule has 4 heteroatoms. The van der Waals surface area contributed by atoms with Gasteiger partial charge < -0.3 is 10.6 Å². The molecule has 0 saturated carbocycles. The Morgan fingerprint density at radius 3 is 1.38 bits per heavy atom. The molecule has 0 bridgehead atoms. The quantitative estimate of drug-likeness (QED) is 0.483.